The van der Waals surface area contributed by atoms with Crippen molar-refractivity contribution < 1.29 is 4.57 Å². The van der Waals surface area contributed by atoms with Crippen molar-refractivity contribution in [3.05, 3.63) is 169 Å². The fourth-order valence-corrected chi connectivity index (χ4v) is 11.5. The second-order valence-electron chi connectivity index (χ2n) is 15.9. The molecule has 5 heteroatoms. The van der Waals surface area contributed by atoms with Crippen molar-refractivity contribution in [2.45, 2.75) is 31.1 Å². The molecule has 7 aromatic carbocycles. The summed E-state index contributed by atoms with van der Waals surface area (Å²) in [7, 11) is -2.56. The normalized spacial score (nSPS) is 19.3. The van der Waals surface area contributed by atoms with Crippen LogP contribution in [0.25, 0.3) is 66.8 Å². The van der Waals surface area contributed by atoms with Crippen molar-refractivity contribution in [2.75, 3.05) is 13.3 Å². The summed E-state index contributed by atoms with van der Waals surface area (Å²) >= 11 is 0. The average Bonchev–Trinajstić information content (AvgIpc) is 3.86. The van der Waals surface area contributed by atoms with E-state index >= 15 is 0 Å². The fraction of sp³-hybridized carbons (Fsp3) is 0.180. The molecule has 10 rings (SSSR count). The molecule has 0 N–H and O–H groups in total. The van der Waals surface area contributed by atoms with E-state index in [1.165, 1.54) is 47.9 Å². The molecule has 0 spiro atoms. The van der Waals surface area contributed by atoms with Crippen molar-refractivity contribution >= 4 is 34.0 Å². The van der Waals surface area contributed by atoms with Crippen molar-refractivity contribution in [1.29, 1.82) is 0 Å². The second kappa shape index (κ2) is 13.3. The molecule has 8 aromatic rings. The number of hydrogen-bond acceptors (Lipinski definition) is 4. The van der Waals surface area contributed by atoms with Crippen LogP contribution in [0.3, 0.4) is 0 Å². The Hall–Kier alpha value is -5.70. The van der Waals surface area contributed by atoms with Gasteiger partial charge in [-0.15, -0.1) is 0 Å². The fourth-order valence-electron chi connectivity index (χ4n) is 9.99. The van der Waals surface area contributed by atoms with Crippen LogP contribution in [-0.4, -0.2) is 28.3 Å². The van der Waals surface area contributed by atoms with Gasteiger partial charge < -0.3 is 4.57 Å². The maximum Gasteiger partial charge on any atom is 0.164 e. The molecule has 1 heterocycles. The van der Waals surface area contributed by atoms with Crippen LogP contribution < -0.4 is 5.30 Å². The molecule has 0 aliphatic heterocycles. The number of aromatic nitrogens is 3. The van der Waals surface area contributed by atoms with E-state index in [1.54, 1.807) is 0 Å². The first-order valence-corrected chi connectivity index (χ1v) is 22.0. The molecule has 3 unspecified atom stereocenters. The Morgan fingerprint density at radius 3 is 1.33 bits per heavy atom. The molecule has 2 fully saturated rings. The predicted molar refractivity (Wildman–Crippen MR) is 228 cm³/mol. The van der Waals surface area contributed by atoms with Crippen LogP contribution in [0.1, 0.15) is 36.8 Å². The molecule has 55 heavy (non-hydrogen) atoms. The number of nitrogens with zero attached hydrogens (tertiary/aromatic N) is 3. The van der Waals surface area contributed by atoms with E-state index in [-0.39, 0.29) is 5.41 Å². The van der Waals surface area contributed by atoms with E-state index in [9.17, 15) is 4.57 Å². The van der Waals surface area contributed by atoms with Gasteiger partial charge in [-0.2, -0.15) is 0 Å². The van der Waals surface area contributed by atoms with Crippen molar-refractivity contribution in [3.63, 3.8) is 0 Å². The zero-order valence-electron chi connectivity index (χ0n) is 31.2. The molecule has 3 atom stereocenters. The SMILES string of the molecule is CP(C)(=O)c1c2ccccc2c(-c2ccc(C3(c4ccc(-c5nc(-c6ccccc6)nc(-c6ccccc6)n5)cc4)CC4CCC3C4)cc2)c2ccccc12. The highest BCUT2D eigenvalue weighted by Gasteiger charge is 2.52. The zero-order valence-corrected chi connectivity index (χ0v) is 32.1. The third-order valence-electron chi connectivity index (χ3n) is 12.3. The van der Waals surface area contributed by atoms with Crippen LogP contribution in [0.5, 0.6) is 0 Å². The summed E-state index contributed by atoms with van der Waals surface area (Å²) in [6.45, 7) is 3.79. The minimum absolute atomic E-state index is 0.0471. The predicted octanol–water partition coefficient (Wildman–Crippen LogP) is 12.2. The summed E-state index contributed by atoms with van der Waals surface area (Å²) in [5.41, 5.74) is 8.05. The minimum atomic E-state index is -2.56. The first kappa shape index (κ1) is 33.8. The first-order chi connectivity index (χ1) is 26.9. The summed E-state index contributed by atoms with van der Waals surface area (Å²) in [5, 5.41) is 5.46. The van der Waals surface area contributed by atoms with Gasteiger partial charge in [0.05, 0.1) is 0 Å². The van der Waals surface area contributed by atoms with Crippen LogP contribution in [0.4, 0.5) is 0 Å². The lowest BCUT2D eigenvalue weighted by Gasteiger charge is -2.39. The van der Waals surface area contributed by atoms with Gasteiger partial charge in [-0.3, -0.25) is 0 Å². The van der Waals surface area contributed by atoms with Gasteiger partial charge in [-0.25, -0.2) is 15.0 Å². The van der Waals surface area contributed by atoms with Gasteiger partial charge in [-0.05, 0) is 88.2 Å². The van der Waals surface area contributed by atoms with Crippen molar-refractivity contribution in [3.8, 4) is 45.3 Å². The van der Waals surface area contributed by atoms with E-state index in [4.69, 9.17) is 15.0 Å². The van der Waals surface area contributed by atoms with E-state index in [0.29, 0.717) is 23.4 Å². The van der Waals surface area contributed by atoms with E-state index in [2.05, 4.69) is 121 Å². The maximum absolute atomic E-state index is 13.8. The van der Waals surface area contributed by atoms with E-state index in [0.717, 1.165) is 49.5 Å². The smallest absolute Gasteiger partial charge is 0.164 e. The highest BCUT2D eigenvalue weighted by Crippen LogP contribution is 2.60. The molecule has 2 saturated carbocycles. The van der Waals surface area contributed by atoms with Gasteiger partial charge >= 0.3 is 0 Å². The van der Waals surface area contributed by atoms with Crippen LogP contribution in [-0.2, 0) is 9.98 Å². The van der Waals surface area contributed by atoms with Crippen LogP contribution in [0.2, 0.25) is 0 Å². The quantitative estimate of drug-likeness (QED) is 0.121. The molecule has 4 nitrogen and oxygen atoms in total. The average molecular weight is 732 g/mol. The van der Waals surface area contributed by atoms with Gasteiger partial charge in [0.25, 0.3) is 0 Å². The molecular formula is C50H42N3OP. The molecule has 268 valence electrons. The lowest BCUT2D eigenvalue weighted by molar-refractivity contribution is 0.320. The summed E-state index contributed by atoms with van der Waals surface area (Å²) in [5.74, 6) is 3.37. The van der Waals surface area contributed by atoms with Crippen LogP contribution in [0.15, 0.2) is 158 Å². The minimum Gasteiger partial charge on any atom is -0.319 e. The Bertz CT molecular complexity index is 2640. The lowest BCUT2D eigenvalue weighted by atomic mass is 9.64. The van der Waals surface area contributed by atoms with Gasteiger partial charge in [0.15, 0.2) is 17.5 Å². The molecular weight excluding hydrogens is 690 g/mol. The Labute approximate surface area is 322 Å². The number of hydrogen-bond donors (Lipinski definition) is 0. The van der Waals surface area contributed by atoms with Gasteiger partial charge in [0.2, 0.25) is 0 Å². The Balaban J connectivity index is 1.07. The highest BCUT2D eigenvalue weighted by atomic mass is 31.2. The zero-order chi connectivity index (χ0) is 37.1. The van der Waals surface area contributed by atoms with Gasteiger partial charge in [0.1, 0.15) is 7.14 Å². The van der Waals surface area contributed by atoms with Crippen LogP contribution >= 0.6 is 7.14 Å². The summed E-state index contributed by atoms with van der Waals surface area (Å²) < 4.78 is 13.8. The third kappa shape index (κ3) is 5.74. The molecule has 2 aliphatic rings. The number of fused-ring (bicyclic) bond motifs is 4. The second-order valence-corrected chi connectivity index (χ2v) is 19.1. The largest absolute Gasteiger partial charge is 0.319 e. The van der Waals surface area contributed by atoms with Crippen molar-refractivity contribution in [2.24, 2.45) is 11.8 Å². The maximum atomic E-state index is 13.8. The first-order valence-electron chi connectivity index (χ1n) is 19.4. The molecule has 0 saturated heterocycles. The monoisotopic (exact) mass is 731 g/mol. The molecule has 0 radical (unpaired) electrons. The van der Waals surface area contributed by atoms with E-state index < -0.39 is 7.14 Å². The lowest BCUT2D eigenvalue weighted by Crippen LogP contribution is -2.34. The molecule has 0 amide bonds. The van der Waals surface area contributed by atoms with Crippen LogP contribution in [0, 0.1) is 11.8 Å². The summed E-state index contributed by atoms with van der Waals surface area (Å²) in [6, 6.07) is 55.9. The molecule has 2 aliphatic carbocycles. The summed E-state index contributed by atoms with van der Waals surface area (Å²) in [4.78, 5) is 14.9. The van der Waals surface area contributed by atoms with Gasteiger partial charge in [-0.1, -0.05) is 164 Å². The van der Waals surface area contributed by atoms with Crippen molar-refractivity contribution in [1.82, 2.24) is 15.0 Å². The van der Waals surface area contributed by atoms with Gasteiger partial charge in [0, 0.05) is 27.4 Å². The third-order valence-corrected chi connectivity index (χ3v) is 13.9. The molecule has 2 bridgehead atoms. The summed E-state index contributed by atoms with van der Waals surface area (Å²) in [6.07, 6.45) is 5.03. The number of rotatable bonds is 7. The Morgan fingerprint density at radius 1 is 0.491 bits per heavy atom. The van der Waals surface area contributed by atoms with E-state index in [1.807, 2.05) is 49.7 Å². The number of benzene rings is 7. The Kier molecular flexibility index (Phi) is 8.15. The Morgan fingerprint density at radius 2 is 0.909 bits per heavy atom. The topological polar surface area (TPSA) is 55.7 Å². The molecule has 1 aromatic heterocycles. The highest BCUT2D eigenvalue weighted by molar-refractivity contribution is 7.71. The standard InChI is InChI=1S/C50H42N3OP/c1-55(2,54)46-43-19-11-9-17-41(43)45(42-18-10-12-20-44(42)46)34-22-27-38(28-23-34)50(32-33-21-26-40(50)31-33)39-29-24-37(25-30-39)49-52-47(35-13-5-3-6-14-35)51-48(53-49)36-15-7-4-8-16-36/h3-20,22-25,27-30,33,40H,21,26,31-32H2,1-2H3.